The first-order valence-electron chi connectivity index (χ1n) is 12.8. The Balaban J connectivity index is 2.25. The van der Waals surface area contributed by atoms with Gasteiger partial charge >= 0.3 is 11.9 Å². The maximum absolute atomic E-state index is 12.4. The monoisotopic (exact) mass is 536 g/mol. The lowest BCUT2D eigenvalue weighted by molar-refractivity contribution is -0.141. The molecule has 2 atom stereocenters. The second-order valence-electron chi connectivity index (χ2n) is 9.15. The fourth-order valence-corrected chi connectivity index (χ4v) is 3.52. The van der Waals surface area contributed by atoms with Gasteiger partial charge in [-0.2, -0.15) is 0 Å². The van der Waals surface area contributed by atoms with E-state index >= 15 is 0 Å². The van der Waals surface area contributed by atoms with E-state index in [4.69, 9.17) is 9.47 Å². The lowest BCUT2D eigenvalue weighted by Gasteiger charge is -2.29. The minimum atomic E-state index is -0.670. The van der Waals surface area contributed by atoms with Crippen molar-refractivity contribution in [2.24, 2.45) is 0 Å². The van der Waals surface area contributed by atoms with Gasteiger partial charge < -0.3 is 30.7 Å². The Bertz CT molecular complexity index is 854. The van der Waals surface area contributed by atoms with Crippen LogP contribution in [-0.2, 0) is 38.2 Å². The van der Waals surface area contributed by atoms with E-state index in [9.17, 15) is 28.8 Å². The molecule has 1 saturated heterocycles. The highest BCUT2D eigenvalue weighted by Gasteiger charge is 2.32. The topological polar surface area (TPSA) is 169 Å². The summed E-state index contributed by atoms with van der Waals surface area (Å²) in [6.07, 6.45) is 5.54. The third kappa shape index (κ3) is 14.8. The summed E-state index contributed by atoms with van der Waals surface area (Å²) in [5, 5.41) is 10.9. The first-order valence-corrected chi connectivity index (χ1v) is 12.8. The van der Waals surface area contributed by atoms with Gasteiger partial charge in [0, 0.05) is 51.9 Å². The Hall–Kier alpha value is -3.70. The van der Waals surface area contributed by atoms with Gasteiger partial charge in [-0.15, -0.1) is 0 Å². The van der Waals surface area contributed by atoms with Gasteiger partial charge in [-0.25, -0.2) is 0 Å². The molecule has 1 aliphatic rings. The second kappa shape index (κ2) is 17.7. The van der Waals surface area contributed by atoms with Crippen LogP contribution >= 0.6 is 0 Å². The van der Waals surface area contributed by atoms with Gasteiger partial charge in [0.1, 0.15) is 12.1 Å². The molecule has 4 N–H and O–H groups in total. The number of carbonyl (C=O) groups excluding carboxylic acids is 6. The number of piperazine rings is 1. The summed E-state index contributed by atoms with van der Waals surface area (Å²) in [7, 11) is 0. The number of amides is 4. The highest BCUT2D eigenvalue weighted by atomic mass is 16.5. The van der Waals surface area contributed by atoms with E-state index in [1.54, 1.807) is 13.8 Å². The molecular formula is C26H40N4O8. The Morgan fingerprint density at radius 3 is 1.42 bits per heavy atom. The molecule has 0 spiro atoms. The van der Waals surface area contributed by atoms with Crippen molar-refractivity contribution in [3.8, 4) is 0 Å². The van der Waals surface area contributed by atoms with Gasteiger partial charge in [0.2, 0.25) is 23.6 Å². The Morgan fingerprint density at radius 1 is 0.711 bits per heavy atom. The SMILES string of the molecule is CC(=O)OCC/C(C)=C/C(=O)NCCC[C@@H]1NC(=O)[C@H](CCCNC(=O)/C=C(\C)CCOC(C)=O)NC1=O. The average molecular weight is 537 g/mol. The molecule has 212 valence electrons. The molecule has 0 aliphatic carbocycles. The van der Waals surface area contributed by atoms with Gasteiger partial charge in [-0.3, -0.25) is 28.8 Å². The molecule has 1 fully saturated rings. The molecule has 1 rings (SSSR count). The van der Waals surface area contributed by atoms with Gasteiger partial charge in [0.25, 0.3) is 0 Å². The van der Waals surface area contributed by atoms with Crippen molar-refractivity contribution in [3.63, 3.8) is 0 Å². The standard InChI is InChI=1S/C26H40N4O8/c1-17(9-13-37-19(3)31)15-23(33)27-11-5-7-21-25(35)30-22(26(36)29-21)8-6-12-28-24(34)16-18(2)10-14-38-20(4)32/h15-16,21-22H,5-14H2,1-4H3,(H,27,33)(H,28,34)(H,29,36)(H,30,35)/b17-15+,18-16+/t21-,22-/m0/s1. The molecule has 4 amide bonds. The van der Waals surface area contributed by atoms with Crippen molar-refractivity contribution >= 4 is 35.6 Å². The van der Waals surface area contributed by atoms with Crippen molar-refractivity contribution < 1.29 is 38.2 Å². The minimum absolute atomic E-state index is 0.217. The van der Waals surface area contributed by atoms with E-state index in [0.29, 0.717) is 51.6 Å². The van der Waals surface area contributed by atoms with Crippen LogP contribution in [0.15, 0.2) is 23.3 Å². The number of carbonyl (C=O) groups is 6. The number of esters is 2. The van der Waals surface area contributed by atoms with E-state index < -0.39 is 12.1 Å². The van der Waals surface area contributed by atoms with Crippen molar-refractivity contribution in [2.75, 3.05) is 26.3 Å². The number of nitrogens with one attached hydrogen (secondary N) is 4. The van der Waals surface area contributed by atoms with Gasteiger partial charge in [0.05, 0.1) is 13.2 Å². The predicted molar refractivity (Wildman–Crippen MR) is 138 cm³/mol. The molecule has 0 aromatic heterocycles. The maximum Gasteiger partial charge on any atom is 0.302 e. The zero-order valence-electron chi connectivity index (χ0n) is 22.6. The third-order valence-electron chi connectivity index (χ3n) is 5.56. The van der Waals surface area contributed by atoms with Crippen molar-refractivity contribution in [1.29, 1.82) is 0 Å². The van der Waals surface area contributed by atoms with Gasteiger partial charge in [0.15, 0.2) is 0 Å². The Morgan fingerprint density at radius 2 is 1.08 bits per heavy atom. The van der Waals surface area contributed by atoms with Gasteiger partial charge in [-0.1, -0.05) is 11.1 Å². The van der Waals surface area contributed by atoms with Crippen LogP contribution in [0.5, 0.6) is 0 Å². The van der Waals surface area contributed by atoms with Crippen LogP contribution in [0.4, 0.5) is 0 Å². The van der Waals surface area contributed by atoms with E-state index in [1.165, 1.54) is 26.0 Å². The summed E-state index contributed by atoms with van der Waals surface area (Å²) in [6, 6.07) is -1.34. The fourth-order valence-electron chi connectivity index (χ4n) is 3.52. The van der Waals surface area contributed by atoms with E-state index in [0.717, 1.165) is 11.1 Å². The van der Waals surface area contributed by atoms with Crippen LogP contribution in [0.25, 0.3) is 0 Å². The molecule has 0 radical (unpaired) electrons. The van der Waals surface area contributed by atoms with Crippen LogP contribution < -0.4 is 21.3 Å². The Kier molecular flexibility index (Phi) is 15.1. The predicted octanol–water partition coefficient (Wildman–Crippen LogP) is 0.561. The minimum Gasteiger partial charge on any atom is -0.466 e. The summed E-state index contributed by atoms with van der Waals surface area (Å²) in [4.78, 5) is 70.2. The molecule has 0 bridgehead atoms. The smallest absolute Gasteiger partial charge is 0.302 e. The van der Waals surface area contributed by atoms with E-state index in [2.05, 4.69) is 21.3 Å². The quantitative estimate of drug-likeness (QED) is 0.126. The highest BCUT2D eigenvalue weighted by molar-refractivity contribution is 5.96. The maximum atomic E-state index is 12.4. The molecule has 0 unspecified atom stereocenters. The zero-order valence-corrected chi connectivity index (χ0v) is 22.6. The molecular weight excluding hydrogens is 496 g/mol. The zero-order chi connectivity index (χ0) is 28.5. The van der Waals surface area contributed by atoms with Crippen LogP contribution in [0.2, 0.25) is 0 Å². The largest absolute Gasteiger partial charge is 0.466 e. The van der Waals surface area contributed by atoms with E-state index in [-0.39, 0.29) is 48.8 Å². The summed E-state index contributed by atoms with van der Waals surface area (Å²) in [5.74, 6) is -1.85. The summed E-state index contributed by atoms with van der Waals surface area (Å²) in [6.45, 7) is 7.29. The van der Waals surface area contributed by atoms with Crippen LogP contribution in [-0.4, -0.2) is 74.0 Å². The molecule has 0 aromatic carbocycles. The molecule has 0 saturated carbocycles. The lowest BCUT2D eigenvalue weighted by Crippen LogP contribution is -2.61. The number of hydrogen-bond donors (Lipinski definition) is 4. The average Bonchev–Trinajstić information content (AvgIpc) is 2.81. The van der Waals surface area contributed by atoms with Crippen LogP contribution in [0.1, 0.15) is 66.2 Å². The number of ether oxygens (including phenoxy) is 2. The van der Waals surface area contributed by atoms with Gasteiger partial charge in [-0.05, 0) is 39.5 Å². The first kappa shape index (κ1) is 32.3. The molecule has 1 heterocycles. The Labute approximate surface area is 223 Å². The van der Waals surface area contributed by atoms with Crippen molar-refractivity contribution in [3.05, 3.63) is 23.3 Å². The molecule has 12 heteroatoms. The summed E-state index contributed by atoms with van der Waals surface area (Å²) in [5.41, 5.74) is 1.55. The molecule has 0 aromatic rings. The second-order valence-corrected chi connectivity index (χ2v) is 9.15. The van der Waals surface area contributed by atoms with Crippen LogP contribution in [0, 0.1) is 0 Å². The molecule has 38 heavy (non-hydrogen) atoms. The first-order chi connectivity index (χ1) is 18.0. The highest BCUT2D eigenvalue weighted by Crippen LogP contribution is 2.08. The van der Waals surface area contributed by atoms with Crippen LogP contribution in [0.3, 0.4) is 0 Å². The number of rotatable bonds is 16. The summed E-state index contributed by atoms with van der Waals surface area (Å²) >= 11 is 0. The molecule has 1 aliphatic heterocycles. The third-order valence-corrected chi connectivity index (χ3v) is 5.56. The van der Waals surface area contributed by atoms with Crippen molar-refractivity contribution in [1.82, 2.24) is 21.3 Å². The fraction of sp³-hybridized carbons (Fsp3) is 0.615. The number of hydrogen-bond acceptors (Lipinski definition) is 8. The molecule has 12 nitrogen and oxygen atoms in total. The lowest BCUT2D eigenvalue weighted by atomic mass is 10.0. The van der Waals surface area contributed by atoms with E-state index in [1.807, 2.05) is 0 Å². The normalized spacial score (nSPS) is 17.7. The van der Waals surface area contributed by atoms with Crippen molar-refractivity contribution in [2.45, 2.75) is 78.3 Å². The summed E-state index contributed by atoms with van der Waals surface area (Å²) < 4.78 is 9.68.